The quantitative estimate of drug-likeness (QED) is 0.937. The number of aryl methyl sites for hydroxylation is 1. The predicted molar refractivity (Wildman–Crippen MR) is 87.8 cm³/mol. The third-order valence-corrected chi connectivity index (χ3v) is 4.39. The lowest BCUT2D eigenvalue weighted by Gasteiger charge is -2.31. The summed E-state index contributed by atoms with van der Waals surface area (Å²) in [5.41, 5.74) is 1.00. The van der Waals surface area contributed by atoms with E-state index in [0.717, 1.165) is 31.1 Å². The number of likely N-dealkylation sites (N-methyl/N-ethyl adjacent to an activating group) is 1. The fraction of sp³-hybridized carbons (Fsp3) is 0.529. The SMILES string of the molecule is CCN(CC1CCCCN1)c1nnc(C)c2ccccc12. The van der Waals surface area contributed by atoms with Crippen molar-refractivity contribution in [2.45, 2.75) is 39.2 Å². The van der Waals surface area contributed by atoms with Crippen molar-refractivity contribution in [1.82, 2.24) is 15.5 Å². The second-order valence-corrected chi connectivity index (χ2v) is 5.84. The van der Waals surface area contributed by atoms with Gasteiger partial charge in [-0.25, -0.2) is 0 Å². The van der Waals surface area contributed by atoms with Crippen LogP contribution in [0.4, 0.5) is 5.82 Å². The minimum atomic E-state index is 0.570. The zero-order valence-electron chi connectivity index (χ0n) is 13.0. The molecule has 0 amide bonds. The summed E-state index contributed by atoms with van der Waals surface area (Å²) in [6.45, 7) is 7.33. The van der Waals surface area contributed by atoms with Gasteiger partial charge < -0.3 is 10.2 Å². The zero-order valence-corrected chi connectivity index (χ0v) is 13.0. The normalized spacial score (nSPS) is 18.9. The maximum Gasteiger partial charge on any atom is 0.159 e. The third kappa shape index (κ3) is 3.00. The average molecular weight is 284 g/mol. The van der Waals surface area contributed by atoms with Gasteiger partial charge in [0.15, 0.2) is 5.82 Å². The first-order valence-electron chi connectivity index (χ1n) is 8.00. The van der Waals surface area contributed by atoms with Crippen LogP contribution in [0.2, 0.25) is 0 Å². The number of piperidine rings is 1. The van der Waals surface area contributed by atoms with E-state index in [2.05, 4.69) is 51.6 Å². The summed E-state index contributed by atoms with van der Waals surface area (Å²) in [6, 6.07) is 9.01. The van der Waals surface area contributed by atoms with Gasteiger partial charge >= 0.3 is 0 Å². The highest BCUT2D eigenvalue weighted by atomic mass is 15.3. The van der Waals surface area contributed by atoms with Gasteiger partial charge in [0, 0.05) is 29.9 Å². The van der Waals surface area contributed by atoms with Gasteiger partial charge in [-0.15, -0.1) is 5.10 Å². The second kappa shape index (κ2) is 6.39. The van der Waals surface area contributed by atoms with E-state index in [1.54, 1.807) is 0 Å². The molecule has 1 aromatic heterocycles. The molecular formula is C17H24N4. The van der Waals surface area contributed by atoms with Crippen LogP contribution in [0.15, 0.2) is 24.3 Å². The van der Waals surface area contributed by atoms with E-state index in [1.807, 2.05) is 6.92 Å². The van der Waals surface area contributed by atoms with Gasteiger partial charge in [-0.05, 0) is 33.2 Å². The van der Waals surface area contributed by atoms with Crippen molar-refractivity contribution in [1.29, 1.82) is 0 Å². The fourth-order valence-electron chi connectivity index (χ4n) is 3.17. The largest absolute Gasteiger partial charge is 0.353 e. The van der Waals surface area contributed by atoms with Gasteiger partial charge in [-0.3, -0.25) is 0 Å². The molecule has 4 heteroatoms. The lowest BCUT2D eigenvalue weighted by Crippen LogP contribution is -2.44. The molecule has 2 aromatic rings. The van der Waals surface area contributed by atoms with Crippen molar-refractivity contribution < 1.29 is 0 Å². The molecule has 1 fully saturated rings. The highest BCUT2D eigenvalue weighted by molar-refractivity contribution is 5.93. The van der Waals surface area contributed by atoms with E-state index in [0.29, 0.717) is 6.04 Å². The number of fused-ring (bicyclic) bond motifs is 1. The van der Waals surface area contributed by atoms with E-state index in [-0.39, 0.29) is 0 Å². The van der Waals surface area contributed by atoms with E-state index in [1.165, 1.54) is 30.0 Å². The maximum atomic E-state index is 4.49. The van der Waals surface area contributed by atoms with E-state index in [4.69, 9.17) is 0 Å². The fourth-order valence-corrected chi connectivity index (χ4v) is 3.17. The smallest absolute Gasteiger partial charge is 0.159 e. The van der Waals surface area contributed by atoms with Gasteiger partial charge in [0.25, 0.3) is 0 Å². The van der Waals surface area contributed by atoms with Crippen molar-refractivity contribution >= 4 is 16.6 Å². The molecule has 1 atom stereocenters. The zero-order chi connectivity index (χ0) is 14.7. The molecule has 1 aliphatic rings. The Kier molecular flexibility index (Phi) is 4.34. The predicted octanol–water partition coefficient (Wildman–Crippen LogP) is 2.91. The number of nitrogens with one attached hydrogen (secondary N) is 1. The number of anilines is 1. The number of nitrogens with zero attached hydrogens (tertiary/aromatic N) is 3. The number of hydrogen-bond donors (Lipinski definition) is 1. The summed E-state index contributed by atoms with van der Waals surface area (Å²) in [6.07, 6.45) is 3.89. The van der Waals surface area contributed by atoms with E-state index in [9.17, 15) is 0 Å². The first-order valence-corrected chi connectivity index (χ1v) is 8.00. The first-order chi connectivity index (χ1) is 10.3. The van der Waals surface area contributed by atoms with Crippen LogP contribution >= 0.6 is 0 Å². The molecule has 0 bridgehead atoms. The van der Waals surface area contributed by atoms with Crippen molar-refractivity contribution in [3.05, 3.63) is 30.0 Å². The molecule has 1 aromatic carbocycles. The maximum absolute atomic E-state index is 4.49. The number of hydrogen-bond acceptors (Lipinski definition) is 4. The molecule has 2 heterocycles. The second-order valence-electron chi connectivity index (χ2n) is 5.84. The van der Waals surface area contributed by atoms with Gasteiger partial charge in [-0.1, -0.05) is 30.7 Å². The Labute approximate surface area is 126 Å². The molecule has 112 valence electrons. The molecule has 3 rings (SSSR count). The van der Waals surface area contributed by atoms with Crippen LogP contribution in [-0.4, -0.2) is 35.9 Å². The average Bonchev–Trinajstić information content (AvgIpc) is 2.55. The van der Waals surface area contributed by atoms with Crippen molar-refractivity contribution in [2.24, 2.45) is 0 Å². The van der Waals surface area contributed by atoms with Crippen LogP contribution < -0.4 is 10.2 Å². The van der Waals surface area contributed by atoms with Gasteiger partial charge in [0.05, 0.1) is 5.69 Å². The van der Waals surface area contributed by atoms with Gasteiger partial charge in [0.2, 0.25) is 0 Å². The minimum absolute atomic E-state index is 0.570. The molecule has 0 aliphatic carbocycles. The third-order valence-electron chi connectivity index (χ3n) is 4.39. The first kappa shape index (κ1) is 14.3. The van der Waals surface area contributed by atoms with Crippen LogP contribution in [0.25, 0.3) is 10.8 Å². The Morgan fingerprint density at radius 3 is 2.71 bits per heavy atom. The standard InChI is InChI=1S/C17H24N4/c1-3-21(12-14-8-6-7-11-18-14)17-16-10-5-4-9-15(16)13(2)19-20-17/h4-5,9-10,14,18H,3,6-8,11-12H2,1-2H3. The molecule has 4 nitrogen and oxygen atoms in total. The minimum Gasteiger partial charge on any atom is -0.353 e. The Morgan fingerprint density at radius 1 is 1.19 bits per heavy atom. The Balaban J connectivity index is 1.91. The summed E-state index contributed by atoms with van der Waals surface area (Å²) in [4.78, 5) is 2.36. The lowest BCUT2D eigenvalue weighted by molar-refractivity contribution is 0.399. The van der Waals surface area contributed by atoms with E-state index < -0.39 is 0 Å². The Morgan fingerprint density at radius 2 is 2.00 bits per heavy atom. The lowest BCUT2D eigenvalue weighted by atomic mass is 10.0. The number of benzene rings is 1. The molecule has 0 radical (unpaired) electrons. The van der Waals surface area contributed by atoms with Gasteiger partial charge in [0.1, 0.15) is 0 Å². The van der Waals surface area contributed by atoms with Gasteiger partial charge in [-0.2, -0.15) is 5.10 Å². The van der Waals surface area contributed by atoms with Crippen molar-refractivity contribution in [3.8, 4) is 0 Å². The topological polar surface area (TPSA) is 41.0 Å². The molecule has 1 N–H and O–H groups in total. The van der Waals surface area contributed by atoms with Crippen LogP contribution in [0.3, 0.4) is 0 Å². The molecule has 1 saturated heterocycles. The van der Waals surface area contributed by atoms with Crippen LogP contribution in [0.5, 0.6) is 0 Å². The summed E-state index contributed by atoms with van der Waals surface area (Å²) < 4.78 is 0. The van der Waals surface area contributed by atoms with Crippen LogP contribution in [0, 0.1) is 6.92 Å². The molecule has 1 aliphatic heterocycles. The molecule has 0 spiro atoms. The highest BCUT2D eigenvalue weighted by Gasteiger charge is 2.19. The molecule has 1 unspecified atom stereocenters. The monoisotopic (exact) mass is 284 g/mol. The van der Waals surface area contributed by atoms with Crippen molar-refractivity contribution in [3.63, 3.8) is 0 Å². The Hall–Kier alpha value is -1.68. The summed E-state index contributed by atoms with van der Waals surface area (Å²) in [5.74, 6) is 1.02. The van der Waals surface area contributed by atoms with Crippen molar-refractivity contribution in [2.75, 3.05) is 24.5 Å². The number of aromatic nitrogens is 2. The van der Waals surface area contributed by atoms with Crippen LogP contribution in [-0.2, 0) is 0 Å². The highest BCUT2D eigenvalue weighted by Crippen LogP contribution is 2.26. The summed E-state index contributed by atoms with van der Waals surface area (Å²) in [5, 5.41) is 14.9. The molecule has 21 heavy (non-hydrogen) atoms. The summed E-state index contributed by atoms with van der Waals surface area (Å²) >= 11 is 0. The number of rotatable bonds is 4. The van der Waals surface area contributed by atoms with Crippen LogP contribution in [0.1, 0.15) is 31.9 Å². The van der Waals surface area contributed by atoms with E-state index >= 15 is 0 Å². The Bertz CT molecular complexity index is 605. The summed E-state index contributed by atoms with van der Waals surface area (Å²) in [7, 11) is 0. The molecular weight excluding hydrogens is 260 g/mol. The molecule has 0 saturated carbocycles.